The van der Waals surface area contributed by atoms with Crippen molar-refractivity contribution in [3.05, 3.63) is 32.7 Å². The number of nitrogens with one attached hydrogen (secondary N) is 1. The van der Waals surface area contributed by atoms with Crippen molar-refractivity contribution in [2.45, 2.75) is 25.7 Å². The van der Waals surface area contributed by atoms with Crippen molar-refractivity contribution in [3.63, 3.8) is 0 Å². The van der Waals surface area contributed by atoms with Crippen molar-refractivity contribution < 1.29 is 4.79 Å². The van der Waals surface area contributed by atoms with Crippen LogP contribution < -0.4 is 5.32 Å². The quantitative estimate of drug-likeness (QED) is 0.523. The summed E-state index contributed by atoms with van der Waals surface area (Å²) in [7, 11) is 0. The summed E-state index contributed by atoms with van der Waals surface area (Å²) in [4.78, 5) is 11.9. The minimum absolute atomic E-state index is 0.0330. The Bertz CT molecular complexity index is 378. The molecule has 0 heterocycles. The van der Waals surface area contributed by atoms with Crippen LogP contribution in [0.25, 0.3) is 0 Å². The maximum atomic E-state index is 11.9. The van der Waals surface area contributed by atoms with Gasteiger partial charge in [0.05, 0.1) is 0 Å². The Labute approximate surface area is 130 Å². The molecule has 1 N–H and O–H groups in total. The first-order chi connectivity index (χ1) is 8.63. The van der Waals surface area contributed by atoms with Crippen LogP contribution in [0.5, 0.6) is 0 Å². The van der Waals surface area contributed by atoms with E-state index in [0.717, 1.165) is 40.5 Å². The van der Waals surface area contributed by atoms with E-state index in [1.807, 2.05) is 18.2 Å². The van der Waals surface area contributed by atoms with Gasteiger partial charge in [-0.25, -0.2) is 0 Å². The fraction of sp³-hybridized carbons (Fsp3) is 0.462. The minimum atomic E-state index is -0.0330. The molecular weight excluding hydrogens is 381 g/mol. The average Bonchev–Trinajstić information content (AvgIpc) is 2.32. The summed E-state index contributed by atoms with van der Waals surface area (Å²) in [5.41, 5.74) is 0.664. The predicted octanol–water partition coefficient (Wildman–Crippen LogP) is 4.74. The minimum Gasteiger partial charge on any atom is -0.352 e. The van der Waals surface area contributed by atoms with Gasteiger partial charge < -0.3 is 5.32 Å². The summed E-state index contributed by atoms with van der Waals surface area (Å²) < 4.78 is 1.79. The molecule has 1 aromatic rings. The third kappa shape index (κ3) is 6.21. The highest BCUT2D eigenvalue weighted by molar-refractivity contribution is 9.11. The Morgan fingerprint density at radius 3 is 2.28 bits per heavy atom. The lowest BCUT2D eigenvalue weighted by atomic mass is 10.2. The number of alkyl halides is 1. The molecule has 0 radical (unpaired) electrons. The van der Waals surface area contributed by atoms with Crippen LogP contribution in [0.2, 0.25) is 0 Å². The molecule has 0 saturated heterocycles. The van der Waals surface area contributed by atoms with Crippen LogP contribution in [-0.2, 0) is 0 Å². The molecule has 0 saturated carbocycles. The topological polar surface area (TPSA) is 29.1 Å². The number of carbonyl (C=O) groups excluding carboxylic acids is 1. The van der Waals surface area contributed by atoms with E-state index in [1.165, 1.54) is 0 Å². The fourth-order valence-corrected chi connectivity index (χ4v) is 3.04. The van der Waals surface area contributed by atoms with Gasteiger partial charge in [-0.2, -0.15) is 0 Å². The molecule has 1 rings (SSSR count). The van der Waals surface area contributed by atoms with Crippen LogP contribution in [0.3, 0.4) is 0 Å². The van der Waals surface area contributed by atoms with E-state index >= 15 is 0 Å². The molecule has 0 spiro atoms. The predicted molar refractivity (Wildman–Crippen MR) is 83.4 cm³/mol. The second-order valence-electron chi connectivity index (χ2n) is 4.02. The van der Waals surface area contributed by atoms with Crippen LogP contribution in [0.1, 0.15) is 36.0 Å². The zero-order valence-electron chi connectivity index (χ0n) is 10.0. The lowest BCUT2D eigenvalue weighted by molar-refractivity contribution is 0.0953. The van der Waals surface area contributed by atoms with Crippen LogP contribution >= 0.6 is 43.5 Å². The third-order valence-electron chi connectivity index (χ3n) is 2.47. The zero-order valence-corrected chi connectivity index (χ0v) is 13.9. The average molecular weight is 398 g/mol. The molecule has 2 nitrogen and oxygen atoms in total. The molecule has 18 heavy (non-hydrogen) atoms. The summed E-state index contributed by atoms with van der Waals surface area (Å²) in [6.45, 7) is 0.714. The first-order valence-corrected chi connectivity index (χ1v) is 8.06. The summed E-state index contributed by atoms with van der Waals surface area (Å²) in [6.07, 6.45) is 4.28. The number of amides is 1. The van der Waals surface area contributed by atoms with Crippen molar-refractivity contribution in [1.82, 2.24) is 5.32 Å². The van der Waals surface area contributed by atoms with Crippen molar-refractivity contribution in [3.8, 4) is 0 Å². The highest BCUT2D eigenvalue weighted by Gasteiger charge is 2.06. The standard InChI is InChI=1S/C13H16Br2ClNO/c14-11-7-10(8-12(15)9-11)13(18)17-6-4-2-1-3-5-16/h7-9H,1-6H2,(H,17,18). The molecule has 5 heteroatoms. The molecule has 0 aromatic heterocycles. The first kappa shape index (κ1) is 16.0. The van der Waals surface area contributed by atoms with E-state index in [9.17, 15) is 4.79 Å². The van der Waals surface area contributed by atoms with E-state index in [1.54, 1.807) is 0 Å². The van der Waals surface area contributed by atoms with E-state index in [0.29, 0.717) is 12.1 Å². The maximum Gasteiger partial charge on any atom is 0.251 e. The number of unbranched alkanes of at least 4 members (excludes halogenated alkanes) is 3. The maximum absolute atomic E-state index is 11.9. The third-order valence-corrected chi connectivity index (χ3v) is 3.65. The lowest BCUT2D eigenvalue weighted by Crippen LogP contribution is -2.24. The van der Waals surface area contributed by atoms with Crippen LogP contribution in [-0.4, -0.2) is 18.3 Å². The smallest absolute Gasteiger partial charge is 0.251 e. The van der Waals surface area contributed by atoms with Crippen LogP contribution in [0, 0.1) is 0 Å². The van der Waals surface area contributed by atoms with Crippen molar-refractivity contribution in [1.29, 1.82) is 0 Å². The highest BCUT2D eigenvalue weighted by Crippen LogP contribution is 2.20. The van der Waals surface area contributed by atoms with E-state index in [4.69, 9.17) is 11.6 Å². The number of halogens is 3. The molecule has 0 aliphatic carbocycles. The fourth-order valence-electron chi connectivity index (χ4n) is 1.56. The lowest BCUT2D eigenvalue weighted by Gasteiger charge is -2.06. The Hall–Kier alpha value is -0.0600. The molecule has 1 aromatic carbocycles. The molecule has 100 valence electrons. The Kier molecular flexibility index (Phi) is 7.95. The molecular formula is C13H16Br2ClNO. The second kappa shape index (κ2) is 8.94. The van der Waals surface area contributed by atoms with Gasteiger partial charge >= 0.3 is 0 Å². The number of hydrogen-bond donors (Lipinski definition) is 1. The van der Waals surface area contributed by atoms with Crippen molar-refractivity contribution in [2.75, 3.05) is 12.4 Å². The number of benzene rings is 1. The largest absolute Gasteiger partial charge is 0.352 e. The Morgan fingerprint density at radius 2 is 1.67 bits per heavy atom. The first-order valence-electron chi connectivity index (χ1n) is 5.93. The normalized spacial score (nSPS) is 10.4. The number of carbonyl (C=O) groups is 1. The number of rotatable bonds is 7. The summed E-state index contributed by atoms with van der Waals surface area (Å²) >= 11 is 12.3. The van der Waals surface area contributed by atoms with Gasteiger partial charge in [-0.3, -0.25) is 4.79 Å². The molecule has 0 fully saturated rings. The van der Waals surface area contributed by atoms with Crippen LogP contribution in [0.4, 0.5) is 0 Å². The van der Waals surface area contributed by atoms with Gasteiger partial charge in [0.1, 0.15) is 0 Å². The molecule has 1 amide bonds. The van der Waals surface area contributed by atoms with E-state index < -0.39 is 0 Å². The van der Waals surface area contributed by atoms with E-state index in [2.05, 4.69) is 37.2 Å². The molecule has 0 unspecified atom stereocenters. The molecule has 0 atom stereocenters. The van der Waals surface area contributed by atoms with Crippen molar-refractivity contribution >= 4 is 49.4 Å². The number of hydrogen-bond acceptors (Lipinski definition) is 1. The van der Waals surface area contributed by atoms with Crippen LogP contribution in [0.15, 0.2) is 27.1 Å². The summed E-state index contributed by atoms with van der Waals surface area (Å²) in [5.74, 6) is 0.688. The van der Waals surface area contributed by atoms with Gasteiger partial charge in [0, 0.05) is 26.9 Å². The van der Waals surface area contributed by atoms with Gasteiger partial charge in [0.15, 0.2) is 0 Å². The molecule has 0 aliphatic rings. The van der Waals surface area contributed by atoms with Gasteiger partial charge in [0.25, 0.3) is 5.91 Å². The zero-order chi connectivity index (χ0) is 13.4. The second-order valence-corrected chi connectivity index (χ2v) is 6.23. The van der Waals surface area contributed by atoms with Gasteiger partial charge in [0.2, 0.25) is 0 Å². The summed E-state index contributed by atoms with van der Waals surface area (Å²) in [5, 5.41) is 2.92. The Balaban J connectivity index is 2.32. The van der Waals surface area contributed by atoms with E-state index in [-0.39, 0.29) is 5.91 Å². The Morgan fingerprint density at radius 1 is 1.06 bits per heavy atom. The van der Waals surface area contributed by atoms with Gasteiger partial charge in [-0.15, -0.1) is 11.6 Å². The van der Waals surface area contributed by atoms with Crippen molar-refractivity contribution in [2.24, 2.45) is 0 Å². The monoisotopic (exact) mass is 395 g/mol. The summed E-state index contributed by atoms with van der Waals surface area (Å²) in [6, 6.07) is 5.53. The van der Waals surface area contributed by atoms with Gasteiger partial charge in [-0.1, -0.05) is 44.7 Å². The molecule has 0 bridgehead atoms. The molecule has 0 aliphatic heterocycles. The highest BCUT2D eigenvalue weighted by atomic mass is 79.9. The van der Waals surface area contributed by atoms with Gasteiger partial charge in [-0.05, 0) is 31.0 Å². The SMILES string of the molecule is O=C(NCCCCCCCl)c1cc(Br)cc(Br)c1.